The highest BCUT2D eigenvalue weighted by molar-refractivity contribution is 5.90. The fourth-order valence-electron chi connectivity index (χ4n) is 2.07. The Hall–Kier alpha value is -1.36. The number of hydrogen-bond donors (Lipinski definition) is 3. The van der Waals surface area contributed by atoms with Gasteiger partial charge in [0.05, 0.1) is 6.20 Å². The average molecular weight is 252 g/mol. The van der Waals surface area contributed by atoms with Gasteiger partial charge < -0.3 is 11.1 Å². The molecule has 18 heavy (non-hydrogen) atoms. The van der Waals surface area contributed by atoms with Crippen LogP contribution in [0.5, 0.6) is 0 Å². The molecule has 0 saturated carbocycles. The van der Waals surface area contributed by atoms with Crippen LogP contribution in [0.15, 0.2) is 6.20 Å². The topological polar surface area (TPSA) is 83.8 Å². The van der Waals surface area contributed by atoms with E-state index in [1.54, 1.807) is 6.20 Å². The van der Waals surface area contributed by atoms with Crippen molar-refractivity contribution < 1.29 is 4.79 Å². The molecule has 1 unspecified atom stereocenters. The summed E-state index contributed by atoms with van der Waals surface area (Å²) in [6, 6.07) is 0. The fourth-order valence-corrected chi connectivity index (χ4v) is 2.07. The van der Waals surface area contributed by atoms with Crippen LogP contribution in [0.4, 0.5) is 5.82 Å². The van der Waals surface area contributed by atoms with Crippen LogP contribution in [0.3, 0.4) is 0 Å². The van der Waals surface area contributed by atoms with Crippen molar-refractivity contribution in [2.24, 2.45) is 17.6 Å². The normalized spacial score (nSPS) is 12.7. The van der Waals surface area contributed by atoms with Crippen molar-refractivity contribution in [3.05, 3.63) is 11.8 Å². The maximum absolute atomic E-state index is 11.9. The van der Waals surface area contributed by atoms with Crippen LogP contribution >= 0.6 is 0 Å². The van der Waals surface area contributed by atoms with Crippen LogP contribution in [0, 0.1) is 11.8 Å². The standard InChI is InChI=1S/C13H24N4O/c1-4-11-8-15-17-13(11)16-12(18)6-10(7-14)5-9(2)3/h8-10H,4-7,14H2,1-3H3,(H2,15,16,17,18). The smallest absolute Gasteiger partial charge is 0.225 e. The number of aromatic nitrogens is 2. The molecule has 0 aliphatic rings. The third-order valence-electron chi connectivity index (χ3n) is 2.98. The second kappa shape index (κ2) is 7.16. The van der Waals surface area contributed by atoms with E-state index in [9.17, 15) is 4.79 Å². The Morgan fingerprint density at radius 1 is 1.56 bits per heavy atom. The first-order valence-corrected chi connectivity index (χ1v) is 6.58. The number of aromatic amines is 1. The molecule has 1 amide bonds. The Kier molecular flexibility index (Phi) is 5.85. The van der Waals surface area contributed by atoms with Crippen LogP contribution in [0.25, 0.3) is 0 Å². The van der Waals surface area contributed by atoms with Crippen molar-refractivity contribution in [3.8, 4) is 0 Å². The van der Waals surface area contributed by atoms with Gasteiger partial charge in [0.15, 0.2) is 0 Å². The number of H-pyrrole nitrogens is 1. The number of anilines is 1. The SMILES string of the molecule is CCc1cn[nH]c1NC(=O)CC(CN)CC(C)C. The lowest BCUT2D eigenvalue weighted by Crippen LogP contribution is -2.23. The number of carbonyl (C=O) groups is 1. The lowest BCUT2D eigenvalue weighted by molar-refractivity contribution is -0.117. The predicted molar refractivity (Wildman–Crippen MR) is 73.2 cm³/mol. The molecule has 0 aliphatic carbocycles. The summed E-state index contributed by atoms with van der Waals surface area (Å²) in [5.41, 5.74) is 6.72. The summed E-state index contributed by atoms with van der Waals surface area (Å²) in [7, 11) is 0. The number of amides is 1. The quantitative estimate of drug-likeness (QED) is 0.693. The molecular formula is C13H24N4O. The van der Waals surface area contributed by atoms with Crippen LogP contribution in [-0.2, 0) is 11.2 Å². The molecular weight excluding hydrogens is 228 g/mol. The molecule has 0 aliphatic heterocycles. The number of nitrogens with two attached hydrogens (primary N) is 1. The van der Waals surface area contributed by atoms with E-state index < -0.39 is 0 Å². The summed E-state index contributed by atoms with van der Waals surface area (Å²) in [4.78, 5) is 11.9. The maximum atomic E-state index is 11.9. The molecule has 4 N–H and O–H groups in total. The molecule has 1 atom stereocenters. The highest BCUT2D eigenvalue weighted by atomic mass is 16.1. The minimum atomic E-state index is 0.00468. The van der Waals surface area contributed by atoms with Gasteiger partial charge in [0, 0.05) is 12.0 Å². The van der Waals surface area contributed by atoms with E-state index in [0.717, 1.165) is 18.4 Å². The van der Waals surface area contributed by atoms with Gasteiger partial charge in [0.25, 0.3) is 0 Å². The van der Waals surface area contributed by atoms with Gasteiger partial charge in [-0.2, -0.15) is 5.10 Å². The zero-order valence-corrected chi connectivity index (χ0v) is 11.5. The summed E-state index contributed by atoms with van der Waals surface area (Å²) in [6.07, 6.45) is 4.03. The molecule has 0 radical (unpaired) electrons. The second-order valence-electron chi connectivity index (χ2n) is 5.11. The number of nitrogens with one attached hydrogen (secondary N) is 2. The fraction of sp³-hybridized carbons (Fsp3) is 0.692. The molecule has 1 rings (SSSR count). The van der Waals surface area contributed by atoms with Gasteiger partial charge in [0.2, 0.25) is 5.91 Å². The highest BCUT2D eigenvalue weighted by Gasteiger charge is 2.15. The number of carbonyl (C=O) groups excluding carboxylic acids is 1. The number of rotatable bonds is 7. The lowest BCUT2D eigenvalue weighted by atomic mass is 9.94. The van der Waals surface area contributed by atoms with E-state index in [1.807, 2.05) is 6.92 Å². The first kappa shape index (κ1) is 14.7. The third kappa shape index (κ3) is 4.49. The lowest BCUT2D eigenvalue weighted by Gasteiger charge is -2.16. The van der Waals surface area contributed by atoms with Gasteiger partial charge in [-0.3, -0.25) is 9.89 Å². The van der Waals surface area contributed by atoms with Crippen molar-refractivity contribution in [1.29, 1.82) is 0 Å². The van der Waals surface area contributed by atoms with Gasteiger partial charge in [-0.05, 0) is 31.2 Å². The van der Waals surface area contributed by atoms with Crippen LogP contribution in [-0.4, -0.2) is 22.6 Å². The molecule has 0 bridgehead atoms. The summed E-state index contributed by atoms with van der Waals surface area (Å²) in [5.74, 6) is 1.52. The Bertz CT molecular complexity index is 373. The molecule has 5 nitrogen and oxygen atoms in total. The van der Waals surface area contributed by atoms with E-state index in [4.69, 9.17) is 5.73 Å². The Morgan fingerprint density at radius 3 is 2.83 bits per heavy atom. The van der Waals surface area contributed by atoms with E-state index in [1.165, 1.54) is 0 Å². The van der Waals surface area contributed by atoms with Crippen LogP contribution in [0.1, 0.15) is 39.2 Å². The van der Waals surface area contributed by atoms with Gasteiger partial charge >= 0.3 is 0 Å². The monoisotopic (exact) mass is 252 g/mol. The van der Waals surface area contributed by atoms with E-state index in [-0.39, 0.29) is 11.8 Å². The van der Waals surface area contributed by atoms with Crippen LogP contribution < -0.4 is 11.1 Å². The molecule has 0 fully saturated rings. The molecule has 1 aromatic rings. The van der Waals surface area contributed by atoms with Gasteiger partial charge in [0.1, 0.15) is 5.82 Å². The second-order valence-corrected chi connectivity index (χ2v) is 5.11. The van der Waals surface area contributed by atoms with E-state index in [2.05, 4.69) is 29.4 Å². The molecule has 1 aromatic heterocycles. The van der Waals surface area contributed by atoms with Gasteiger partial charge in [-0.15, -0.1) is 0 Å². The van der Waals surface area contributed by atoms with Crippen molar-refractivity contribution in [2.75, 3.05) is 11.9 Å². The highest BCUT2D eigenvalue weighted by Crippen LogP contribution is 2.16. The van der Waals surface area contributed by atoms with Crippen molar-refractivity contribution in [1.82, 2.24) is 10.2 Å². The van der Waals surface area contributed by atoms with Crippen molar-refractivity contribution in [3.63, 3.8) is 0 Å². The van der Waals surface area contributed by atoms with E-state index in [0.29, 0.717) is 24.7 Å². The molecule has 102 valence electrons. The zero-order valence-electron chi connectivity index (χ0n) is 11.5. The third-order valence-corrected chi connectivity index (χ3v) is 2.98. The number of hydrogen-bond acceptors (Lipinski definition) is 3. The largest absolute Gasteiger partial charge is 0.330 e. The Morgan fingerprint density at radius 2 is 2.28 bits per heavy atom. The van der Waals surface area contributed by atoms with Crippen molar-refractivity contribution in [2.45, 2.75) is 40.0 Å². The van der Waals surface area contributed by atoms with Crippen molar-refractivity contribution >= 4 is 11.7 Å². The van der Waals surface area contributed by atoms with E-state index >= 15 is 0 Å². The number of aryl methyl sites for hydroxylation is 1. The molecule has 1 heterocycles. The van der Waals surface area contributed by atoms with Gasteiger partial charge in [-0.25, -0.2) is 0 Å². The molecule has 0 spiro atoms. The Labute approximate surface area is 109 Å². The molecule has 5 heteroatoms. The first-order chi connectivity index (χ1) is 8.56. The first-order valence-electron chi connectivity index (χ1n) is 6.58. The Balaban J connectivity index is 2.50. The number of nitrogens with zero attached hydrogens (tertiary/aromatic N) is 1. The maximum Gasteiger partial charge on any atom is 0.225 e. The average Bonchev–Trinajstić information content (AvgIpc) is 2.74. The minimum absolute atomic E-state index is 0.00468. The molecule has 0 saturated heterocycles. The summed E-state index contributed by atoms with van der Waals surface area (Å²) >= 11 is 0. The van der Waals surface area contributed by atoms with Crippen LogP contribution in [0.2, 0.25) is 0 Å². The summed E-state index contributed by atoms with van der Waals surface area (Å²) in [5, 5.41) is 9.60. The minimum Gasteiger partial charge on any atom is -0.330 e. The molecule has 0 aromatic carbocycles. The predicted octanol–water partition coefficient (Wildman–Crippen LogP) is 1.92. The van der Waals surface area contributed by atoms with Gasteiger partial charge in [-0.1, -0.05) is 20.8 Å². The summed E-state index contributed by atoms with van der Waals surface area (Å²) in [6.45, 7) is 6.87. The zero-order chi connectivity index (χ0) is 13.5. The summed E-state index contributed by atoms with van der Waals surface area (Å²) < 4.78 is 0.